The summed E-state index contributed by atoms with van der Waals surface area (Å²) in [5, 5.41) is 0.864. The van der Waals surface area contributed by atoms with E-state index >= 15 is 0 Å². The normalized spacial score (nSPS) is 10.3. The number of hydrogen-bond donors (Lipinski definition) is 1. The minimum Gasteiger partial charge on any atom is -0.493 e. The maximum atomic E-state index is 11.4. The van der Waals surface area contributed by atoms with Crippen molar-refractivity contribution >= 4 is 16.9 Å². The first-order valence-electron chi connectivity index (χ1n) is 5.02. The molecule has 1 N–H and O–H groups in total. The van der Waals surface area contributed by atoms with E-state index in [2.05, 4.69) is 9.72 Å². The summed E-state index contributed by atoms with van der Waals surface area (Å²) in [5.74, 6) is 0.827. The highest BCUT2D eigenvalue weighted by Crippen LogP contribution is 2.32. The van der Waals surface area contributed by atoms with Crippen molar-refractivity contribution < 1.29 is 19.0 Å². The van der Waals surface area contributed by atoms with Crippen LogP contribution in [0, 0.1) is 0 Å². The summed E-state index contributed by atoms with van der Waals surface area (Å²) in [6.07, 6.45) is 0. The quantitative estimate of drug-likeness (QED) is 0.826. The van der Waals surface area contributed by atoms with Crippen molar-refractivity contribution in [1.82, 2.24) is 4.98 Å². The van der Waals surface area contributed by atoms with E-state index in [1.165, 1.54) is 7.11 Å². The first-order chi connectivity index (χ1) is 8.19. The number of esters is 1. The van der Waals surface area contributed by atoms with Gasteiger partial charge in [0.1, 0.15) is 5.69 Å². The maximum absolute atomic E-state index is 11.4. The van der Waals surface area contributed by atoms with Crippen molar-refractivity contribution in [3.05, 3.63) is 23.9 Å². The minimum atomic E-state index is -0.404. The fraction of sp³-hybridized carbons (Fsp3) is 0.250. The second-order valence-electron chi connectivity index (χ2n) is 3.47. The number of hydrogen-bond acceptors (Lipinski definition) is 4. The molecule has 90 valence electrons. The number of ether oxygens (including phenoxy) is 3. The van der Waals surface area contributed by atoms with Crippen LogP contribution in [0.15, 0.2) is 18.2 Å². The van der Waals surface area contributed by atoms with Crippen LogP contribution >= 0.6 is 0 Å². The molecule has 0 aliphatic carbocycles. The highest BCUT2D eigenvalue weighted by Gasteiger charge is 2.12. The highest BCUT2D eigenvalue weighted by molar-refractivity contribution is 5.95. The predicted octanol–water partition coefficient (Wildman–Crippen LogP) is 1.97. The van der Waals surface area contributed by atoms with Crippen LogP contribution < -0.4 is 9.47 Å². The zero-order chi connectivity index (χ0) is 12.4. The Morgan fingerprint density at radius 1 is 1.06 bits per heavy atom. The molecular weight excluding hydrogens is 222 g/mol. The maximum Gasteiger partial charge on any atom is 0.354 e. The van der Waals surface area contributed by atoms with Gasteiger partial charge in [0.05, 0.1) is 26.8 Å². The van der Waals surface area contributed by atoms with E-state index < -0.39 is 5.97 Å². The average Bonchev–Trinajstić information content (AvgIpc) is 2.78. The molecule has 2 rings (SSSR count). The minimum absolute atomic E-state index is 0.401. The van der Waals surface area contributed by atoms with Crippen LogP contribution in [0.5, 0.6) is 11.5 Å². The molecule has 17 heavy (non-hydrogen) atoms. The molecule has 1 heterocycles. The highest BCUT2D eigenvalue weighted by atomic mass is 16.5. The van der Waals surface area contributed by atoms with Gasteiger partial charge in [0.2, 0.25) is 0 Å². The van der Waals surface area contributed by atoms with Gasteiger partial charge in [-0.3, -0.25) is 0 Å². The van der Waals surface area contributed by atoms with Crippen molar-refractivity contribution in [1.29, 1.82) is 0 Å². The third-order valence-corrected chi connectivity index (χ3v) is 2.53. The molecule has 0 unspecified atom stereocenters. The molecule has 5 heteroatoms. The van der Waals surface area contributed by atoms with Gasteiger partial charge in [-0.1, -0.05) is 0 Å². The van der Waals surface area contributed by atoms with Gasteiger partial charge in [-0.25, -0.2) is 4.79 Å². The van der Waals surface area contributed by atoms with Crippen LogP contribution in [0.1, 0.15) is 10.5 Å². The molecule has 0 radical (unpaired) electrons. The summed E-state index contributed by atoms with van der Waals surface area (Å²) >= 11 is 0. The van der Waals surface area contributed by atoms with Crippen molar-refractivity contribution in [3.63, 3.8) is 0 Å². The van der Waals surface area contributed by atoms with Gasteiger partial charge in [0.25, 0.3) is 0 Å². The Kier molecular flexibility index (Phi) is 2.91. The number of fused-ring (bicyclic) bond motifs is 1. The van der Waals surface area contributed by atoms with Crippen LogP contribution in [-0.4, -0.2) is 32.3 Å². The lowest BCUT2D eigenvalue weighted by molar-refractivity contribution is 0.0595. The fourth-order valence-corrected chi connectivity index (χ4v) is 1.68. The van der Waals surface area contributed by atoms with Gasteiger partial charge in [0.15, 0.2) is 11.5 Å². The molecule has 1 aromatic carbocycles. The topological polar surface area (TPSA) is 60.6 Å². The smallest absolute Gasteiger partial charge is 0.354 e. The van der Waals surface area contributed by atoms with E-state index in [0.717, 1.165) is 10.9 Å². The van der Waals surface area contributed by atoms with Crippen LogP contribution in [0.25, 0.3) is 10.9 Å². The molecule has 0 bridgehead atoms. The van der Waals surface area contributed by atoms with Gasteiger partial charge in [-0.2, -0.15) is 0 Å². The van der Waals surface area contributed by atoms with Crippen molar-refractivity contribution in [2.75, 3.05) is 21.3 Å². The molecule has 2 aromatic rings. The third kappa shape index (κ3) is 1.91. The lowest BCUT2D eigenvalue weighted by Crippen LogP contribution is -2.00. The Balaban J connectivity index is 2.57. The lowest BCUT2D eigenvalue weighted by Gasteiger charge is -2.06. The monoisotopic (exact) mass is 235 g/mol. The molecule has 0 aliphatic rings. The summed E-state index contributed by atoms with van der Waals surface area (Å²) < 4.78 is 15.0. The molecule has 0 saturated carbocycles. The molecule has 0 saturated heterocycles. The lowest BCUT2D eigenvalue weighted by atomic mass is 10.2. The number of methoxy groups -OCH3 is 3. The second-order valence-corrected chi connectivity index (χ2v) is 3.47. The zero-order valence-corrected chi connectivity index (χ0v) is 9.87. The van der Waals surface area contributed by atoms with E-state index in [-0.39, 0.29) is 0 Å². The molecule has 5 nitrogen and oxygen atoms in total. The summed E-state index contributed by atoms with van der Waals surface area (Å²) in [4.78, 5) is 14.3. The summed E-state index contributed by atoms with van der Waals surface area (Å²) in [6.45, 7) is 0. The van der Waals surface area contributed by atoms with Gasteiger partial charge in [-0.15, -0.1) is 0 Å². The van der Waals surface area contributed by atoms with Crippen molar-refractivity contribution in [3.8, 4) is 11.5 Å². The van der Waals surface area contributed by atoms with E-state index in [1.807, 2.05) is 0 Å². The van der Waals surface area contributed by atoms with Crippen LogP contribution in [0.2, 0.25) is 0 Å². The zero-order valence-electron chi connectivity index (χ0n) is 9.87. The Morgan fingerprint density at radius 2 is 1.71 bits per heavy atom. The van der Waals surface area contributed by atoms with Gasteiger partial charge >= 0.3 is 5.97 Å². The third-order valence-electron chi connectivity index (χ3n) is 2.53. The van der Waals surface area contributed by atoms with E-state index in [9.17, 15) is 4.79 Å². The van der Waals surface area contributed by atoms with Crippen LogP contribution in [0.3, 0.4) is 0 Å². The van der Waals surface area contributed by atoms with Crippen molar-refractivity contribution in [2.24, 2.45) is 0 Å². The van der Waals surface area contributed by atoms with Crippen molar-refractivity contribution in [2.45, 2.75) is 0 Å². The van der Waals surface area contributed by atoms with Crippen LogP contribution in [0.4, 0.5) is 0 Å². The average molecular weight is 235 g/mol. The summed E-state index contributed by atoms with van der Waals surface area (Å²) in [7, 11) is 4.47. The molecule has 0 fully saturated rings. The first-order valence-corrected chi connectivity index (χ1v) is 5.02. The van der Waals surface area contributed by atoms with E-state index in [4.69, 9.17) is 9.47 Å². The largest absolute Gasteiger partial charge is 0.493 e. The van der Waals surface area contributed by atoms with Gasteiger partial charge in [-0.05, 0) is 12.1 Å². The summed E-state index contributed by atoms with van der Waals surface area (Å²) in [5.41, 5.74) is 1.20. The Bertz CT molecular complexity index is 518. The number of carbonyl (C=O) groups is 1. The van der Waals surface area contributed by atoms with E-state index in [0.29, 0.717) is 17.2 Å². The van der Waals surface area contributed by atoms with Gasteiger partial charge in [0, 0.05) is 11.5 Å². The Morgan fingerprint density at radius 3 is 2.29 bits per heavy atom. The Labute approximate surface area is 98.3 Å². The number of H-pyrrole nitrogens is 1. The van der Waals surface area contributed by atoms with Crippen LogP contribution in [-0.2, 0) is 4.74 Å². The number of benzene rings is 1. The second kappa shape index (κ2) is 4.37. The summed E-state index contributed by atoms with van der Waals surface area (Å²) in [6, 6.07) is 5.29. The molecule has 0 atom stereocenters. The number of nitrogens with one attached hydrogen (secondary N) is 1. The Hall–Kier alpha value is -2.17. The molecule has 0 spiro atoms. The predicted molar refractivity (Wildman–Crippen MR) is 62.7 cm³/mol. The standard InChI is InChI=1S/C12H13NO4/c1-15-10-5-7-4-9(12(14)17-3)13-8(7)6-11(10)16-2/h4-6,13H,1-3H3. The number of rotatable bonds is 3. The first kappa shape index (κ1) is 11.3. The number of carbonyl (C=O) groups excluding carboxylic acids is 1. The SMILES string of the molecule is COC(=O)c1cc2cc(OC)c(OC)cc2[nH]1. The molecular formula is C12H13NO4. The number of aromatic nitrogens is 1. The molecule has 1 aromatic heterocycles. The fourth-order valence-electron chi connectivity index (χ4n) is 1.68. The number of aromatic amines is 1. The van der Waals surface area contributed by atoms with E-state index in [1.54, 1.807) is 32.4 Å². The molecule has 0 aliphatic heterocycles. The van der Waals surface area contributed by atoms with Gasteiger partial charge < -0.3 is 19.2 Å². The molecule has 0 amide bonds.